The maximum absolute atomic E-state index is 5.39. The molecule has 106 valence electrons. The van der Waals surface area contributed by atoms with Crippen LogP contribution in [0.3, 0.4) is 0 Å². The molecule has 20 heavy (non-hydrogen) atoms. The molecule has 3 nitrogen and oxygen atoms in total. The molecule has 1 N–H and O–H groups in total. The van der Waals surface area contributed by atoms with E-state index in [2.05, 4.69) is 30.7 Å². The summed E-state index contributed by atoms with van der Waals surface area (Å²) in [6.45, 7) is 8.35. The van der Waals surface area contributed by atoms with Gasteiger partial charge in [-0.1, -0.05) is 33.0 Å². The Bertz CT molecular complexity index is 666. The fraction of sp³-hybridized carbons (Fsp3) is 0.375. The Balaban J connectivity index is 2.60. The largest absolute Gasteiger partial charge is 0.497 e. The monoisotopic (exact) mass is 288 g/mol. The maximum atomic E-state index is 5.39. The number of rotatable bonds is 2. The number of aromatic nitrogens is 2. The number of hydrogen-bond donors (Lipinski definition) is 1. The van der Waals surface area contributed by atoms with Crippen LogP contribution < -0.4 is 4.74 Å². The van der Waals surface area contributed by atoms with Crippen molar-refractivity contribution in [3.8, 4) is 17.0 Å². The van der Waals surface area contributed by atoms with E-state index in [9.17, 15) is 0 Å². The van der Waals surface area contributed by atoms with E-state index >= 15 is 0 Å². The first-order chi connectivity index (χ1) is 9.32. The Kier molecular flexibility index (Phi) is 3.95. The molecule has 0 bridgehead atoms. The fourth-order valence-corrected chi connectivity index (χ4v) is 2.13. The van der Waals surface area contributed by atoms with Crippen LogP contribution in [0, 0.1) is 11.6 Å². The number of benzene rings is 1. The van der Waals surface area contributed by atoms with Crippen LogP contribution in [0.25, 0.3) is 11.3 Å². The highest BCUT2D eigenvalue weighted by atomic mass is 32.1. The minimum Gasteiger partial charge on any atom is -0.497 e. The highest BCUT2D eigenvalue weighted by Crippen LogP contribution is 2.27. The van der Waals surface area contributed by atoms with Gasteiger partial charge in [-0.25, -0.2) is 4.98 Å². The van der Waals surface area contributed by atoms with Crippen molar-refractivity contribution >= 4 is 12.2 Å². The lowest BCUT2D eigenvalue weighted by molar-refractivity contribution is 0.415. The van der Waals surface area contributed by atoms with Gasteiger partial charge in [0.25, 0.3) is 0 Å². The minimum atomic E-state index is -0.0670. The van der Waals surface area contributed by atoms with Gasteiger partial charge in [-0.05, 0) is 36.8 Å². The zero-order valence-corrected chi connectivity index (χ0v) is 13.4. The van der Waals surface area contributed by atoms with E-state index in [1.165, 1.54) is 0 Å². The molecule has 0 aliphatic carbocycles. The predicted molar refractivity (Wildman–Crippen MR) is 84.8 cm³/mol. The summed E-state index contributed by atoms with van der Waals surface area (Å²) in [7, 11) is 1.66. The molecule has 0 atom stereocenters. The molecule has 1 heterocycles. The summed E-state index contributed by atoms with van der Waals surface area (Å²) in [5.74, 6) is 1.74. The standard InChI is InChI=1S/C16H20N2OS/c1-10-13(11-6-8-12(19-5)9-7-11)17-15(16(2,3)4)18-14(10)20/h6-9H,1-5H3,(H,17,18,20). The fourth-order valence-electron chi connectivity index (χ4n) is 1.93. The van der Waals surface area contributed by atoms with E-state index in [1.807, 2.05) is 31.2 Å². The van der Waals surface area contributed by atoms with Crippen molar-refractivity contribution in [2.24, 2.45) is 0 Å². The third kappa shape index (κ3) is 2.90. The zero-order chi connectivity index (χ0) is 14.9. The van der Waals surface area contributed by atoms with Crippen molar-refractivity contribution in [1.82, 2.24) is 9.97 Å². The second kappa shape index (κ2) is 5.37. The smallest absolute Gasteiger partial charge is 0.133 e. The van der Waals surface area contributed by atoms with Crippen molar-refractivity contribution in [3.05, 3.63) is 40.3 Å². The molecule has 0 aliphatic heterocycles. The highest BCUT2D eigenvalue weighted by Gasteiger charge is 2.18. The van der Waals surface area contributed by atoms with Gasteiger partial charge >= 0.3 is 0 Å². The van der Waals surface area contributed by atoms with Crippen molar-refractivity contribution < 1.29 is 4.74 Å². The summed E-state index contributed by atoms with van der Waals surface area (Å²) in [6.07, 6.45) is 0. The van der Waals surface area contributed by atoms with Gasteiger partial charge in [0.1, 0.15) is 16.2 Å². The molecule has 0 fully saturated rings. The Labute approximate surface area is 125 Å². The Hall–Kier alpha value is -1.68. The third-order valence-electron chi connectivity index (χ3n) is 3.24. The first-order valence-corrected chi connectivity index (χ1v) is 6.99. The van der Waals surface area contributed by atoms with E-state index in [0.29, 0.717) is 4.64 Å². The molecule has 0 amide bonds. The van der Waals surface area contributed by atoms with Crippen LogP contribution in [0.15, 0.2) is 24.3 Å². The molecular formula is C16H20N2OS. The Morgan fingerprint density at radius 3 is 2.25 bits per heavy atom. The van der Waals surface area contributed by atoms with Crippen LogP contribution in [-0.2, 0) is 5.41 Å². The van der Waals surface area contributed by atoms with Crippen LogP contribution >= 0.6 is 12.2 Å². The summed E-state index contributed by atoms with van der Waals surface area (Å²) in [5.41, 5.74) is 3.04. The summed E-state index contributed by atoms with van der Waals surface area (Å²) in [6, 6.07) is 7.95. The maximum Gasteiger partial charge on any atom is 0.133 e. The Morgan fingerprint density at radius 2 is 1.75 bits per heavy atom. The number of H-pyrrole nitrogens is 1. The van der Waals surface area contributed by atoms with Crippen LogP contribution in [0.1, 0.15) is 32.2 Å². The number of hydrogen-bond acceptors (Lipinski definition) is 3. The third-order valence-corrected chi connectivity index (χ3v) is 3.64. The molecule has 0 aliphatic rings. The minimum absolute atomic E-state index is 0.0670. The second-order valence-electron chi connectivity index (χ2n) is 5.87. The molecule has 0 saturated heterocycles. The van der Waals surface area contributed by atoms with Crippen molar-refractivity contribution in [1.29, 1.82) is 0 Å². The molecule has 0 unspecified atom stereocenters. The van der Waals surface area contributed by atoms with Crippen LogP contribution in [0.5, 0.6) is 5.75 Å². The number of methoxy groups -OCH3 is 1. The van der Waals surface area contributed by atoms with Gasteiger partial charge in [0.2, 0.25) is 0 Å². The van der Waals surface area contributed by atoms with E-state index < -0.39 is 0 Å². The summed E-state index contributed by atoms with van der Waals surface area (Å²) in [4.78, 5) is 7.93. The summed E-state index contributed by atoms with van der Waals surface area (Å²) >= 11 is 5.39. The van der Waals surface area contributed by atoms with Gasteiger partial charge in [0.05, 0.1) is 12.8 Å². The van der Waals surface area contributed by atoms with Gasteiger partial charge in [-0.15, -0.1) is 0 Å². The predicted octanol–water partition coefficient (Wildman–Crippen LogP) is 4.42. The molecule has 1 aromatic carbocycles. The van der Waals surface area contributed by atoms with Gasteiger partial charge in [0.15, 0.2) is 0 Å². The quantitative estimate of drug-likeness (QED) is 0.831. The SMILES string of the molecule is COc1ccc(-c2[nH]c(C(C)(C)C)nc(=S)c2C)cc1. The normalized spacial score (nSPS) is 11.4. The van der Waals surface area contributed by atoms with Crippen LogP contribution in [0.2, 0.25) is 0 Å². The van der Waals surface area contributed by atoms with Gasteiger partial charge < -0.3 is 9.72 Å². The van der Waals surface area contributed by atoms with Crippen molar-refractivity contribution in [3.63, 3.8) is 0 Å². The molecule has 1 aromatic heterocycles. The van der Waals surface area contributed by atoms with Crippen LogP contribution in [0.4, 0.5) is 0 Å². The number of nitrogens with zero attached hydrogens (tertiary/aromatic N) is 1. The molecule has 2 aromatic rings. The second-order valence-corrected chi connectivity index (χ2v) is 6.26. The van der Waals surface area contributed by atoms with Gasteiger partial charge in [0, 0.05) is 11.0 Å². The molecule has 0 saturated carbocycles. The van der Waals surface area contributed by atoms with Crippen molar-refractivity contribution in [2.45, 2.75) is 33.1 Å². The van der Waals surface area contributed by atoms with E-state index in [4.69, 9.17) is 17.0 Å². The number of ether oxygens (including phenoxy) is 1. The molecular weight excluding hydrogens is 268 g/mol. The molecule has 0 radical (unpaired) electrons. The highest BCUT2D eigenvalue weighted by molar-refractivity contribution is 7.71. The summed E-state index contributed by atoms with van der Waals surface area (Å²) < 4.78 is 5.85. The average Bonchev–Trinajstić information content (AvgIpc) is 2.40. The van der Waals surface area contributed by atoms with Gasteiger partial charge in [-0.3, -0.25) is 0 Å². The van der Waals surface area contributed by atoms with E-state index in [0.717, 1.165) is 28.4 Å². The van der Waals surface area contributed by atoms with E-state index in [1.54, 1.807) is 7.11 Å². The number of aromatic amines is 1. The first-order valence-electron chi connectivity index (χ1n) is 6.59. The lowest BCUT2D eigenvalue weighted by Gasteiger charge is -2.19. The lowest BCUT2D eigenvalue weighted by Crippen LogP contribution is -2.17. The van der Waals surface area contributed by atoms with E-state index in [-0.39, 0.29) is 5.41 Å². The topological polar surface area (TPSA) is 37.9 Å². The first kappa shape index (κ1) is 14.7. The molecule has 0 spiro atoms. The number of nitrogens with one attached hydrogen (secondary N) is 1. The lowest BCUT2D eigenvalue weighted by atomic mass is 9.95. The molecule has 2 rings (SSSR count). The summed E-state index contributed by atoms with van der Waals surface area (Å²) in [5, 5.41) is 0. The Morgan fingerprint density at radius 1 is 1.15 bits per heavy atom. The van der Waals surface area contributed by atoms with Crippen LogP contribution in [-0.4, -0.2) is 17.1 Å². The molecule has 4 heteroatoms. The zero-order valence-electron chi connectivity index (χ0n) is 12.6. The van der Waals surface area contributed by atoms with Crippen molar-refractivity contribution in [2.75, 3.05) is 7.11 Å². The van der Waals surface area contributed by atoms with Gasteiger partial charge in [-0.2, -0.15) is 0 Å². The average molecular weight is 288 g/mol.